The molecule has 0 aliphatic carbocycles. The number of carbonyl (C=O) groups excluding carboxylic acids is 1. The van der Waals surface area contributed by atoms with Crippen LogP contribution in [0.15, 0.2) is 72.8 Å². The van der Waals surface area contributed by atoms with E-state index in [4.69, 9.17) is 33.0 Å². The fraction of sp³-hybridized carbons (Fsp3) is 0.321. The van der Waals surface area contributed by atoms with E-state index >= 15 is 0 Å². The number of ether oxygens (including phenoxy) is 1. The molecule has 1 aliphatic heterocycles. The topological polar surface area (TPSA) is 49.8 Å². The minimum Gasteiger partial charge on any atom is -0.396 e. The Labute approximate surface area is 211 Å². The molecule has 4 nitrogen and oxygen atoms in total. The largest absolute Gasteiger partial charge is 0.396 e. The Morgan fingerprint density at radius 1 is 0.912 bits per heavy atom. The first-order valence-electron chi connectivity index (χ1n) is 11.6. The van der Waals surface area contributed by atoms with Crippen molar-refractivity contribution in [3.63, 3.8) is 0 Å². The Kier molecular flexibility index (Phi) is 7.95. The van der Waals surface area contributed by atoms with E-state index in [1.54, 1.807) is 0 Å². The lowest BCUT2D eigenvalue weighted by molar-refractivity contribution is 0.0344. The van der Waals surface area contributed by atoms with Gasteiger partial charge in [-0.3, -0.25) is 4.79 Å². The second-order valence-corrected chi connectivity index (χ2v) is 9.48. The highest BCUT2D eigenvalue weighted by molar-refractivity contribution is 6.30. The van der Waals surface area contributed by atoms with Crippen LogP contribution in [-0.2, 0) is 10.3 Å². The predicted molar refractivity (Wildman–Crippen MR) is 136 cm³/mol. The quantitative estimate of drug-likeness (QED) is 0.319. The number of hydrogen-bond acceptors (Lipinski definition) is 3. The maximum absolute atomic E-state index is 13.9. The van der Waals surface area contributed by atoms with E-state index in [1.807, 2.05) is 77.7 Å². The lowest BCUT2D eigenvalue weighted by Gasteiger charge is -2.43. The molecule has 0 spiro atoms. The first-order chi connectivity index (χ1) is 16.5. The van der Waals surface area contributed by atoms with Crippen LogP contribution in [0.1, 0.15) is 59.3 Å². The second-order valence-electron chi connectivity index (χ2n) is 8.61. The van der Waals surface area contributed by atoms with Crippen molar-refractivity contribution < 1.29 is 14.6 Å². The summed E-state index contributed by atoms with van der Waals surface area (Å²) in [6.07, 6.45) is 2.10. The number of nitrogens with zero attached hydrogens (tertiary/aromatic N) is 1. The third kappa shape index (κ3) is 4.73. The summed E-state index contributed by atoms with van der Waals surface area (Å²) in [5.41, 5.74) is 2.97. The molecular weight excluding hydrogens is 469 g/mol. The van der Waals surface area contributed by atoms with Crippen molar-refractivity contribution in [3.05, 3.63) is 105 Å². The van der Waals surface area contributed by atoms with Gasteiger partial charge in [0.25, 0.3) is 5.91 Å². The maximum Gasteiger partial charge on any atom is 0.255 e. The van der Waals surface area contributed by atoms with Crippen LogP contribution in [0.5, 0.6) is 0 Å². The number of rotatable bonds is 10. The SMILES string of the molecule is C[C@H](c1ccc(Cl)cc1)N1C(=O)c2ccccc2C1(CCOCCCCO)c1ccc(Cl)cc1. The zero-order valence-corrected chi connectivity index (χ0v) is 20.7. The van der Waals surface area contributed by atoms with Crippen LogP contribution >= 0.6 is 23.2 Å². The fourth-order valence-corrected chi connectivity index (χ4v) is 5.17. The van der Waals surface area contributed by atoms with Gasteiger partial charge in [0.15, 0.2) is 0 Å². The van der Waals surface area contributed by atoms with Crippen molar-refractivity contribution in [2.45, 2.75) is 37.8 Å². The predicted octanol–water partition coefficient (Wildman–Crippen LogP) is 6.63. The molecule has 2 atom stereocenters. The van der Waals surface area contributed by atoms with Crippen LogP contribution < -0.4 is 0 Å². The van der Waals surface area contributed by atoms with Gasteiger partial charge in [0.2, 0.25) is 0 Å². The van der Waals surface area contributed by atoms with Gasteiger partial charge in [0, 0.05) is 41.9 Å². The van der Waals surface area contributed by atoms with E-state index in [9.17, 15) is 4.79 Å². The lowest BCUT2D eigenvalue weighted by atomic mass is 9.79. The van der Waals surface area contributed by atoms with Crippen LogP contribution in [0.25, 0.3) is 0 Å². The number of fused-ring (bicyclic) bond motifs is 1. The number of benzene rings is 3. The summed E-state index contributed by atoms with van der Waals surface area (Å²) in [4.78, 5) is 15.9. The van der Waals surface area contributed by atoms with Gasteiger partial charge in [-0.1, -0.05) is 65.7 Å². The highest BCUT2D eigenvalue weighted by Gasteiger charge is 2.52. The van der Waals surface area contributed by atoms with Gasteiger partial charge in [-0.15, -0.1) is 0 Å². The molecule has 3 aromatic carbocycles. The summed E-state index contributed by atoms with van der Waals surface area (Å²) >= 11 is 12.4. The smallest absolute Gasteiger partial charge is 0.255 e. The van der Waals surface area contributed by atoms with Gasteiger partial charge >= 0.3 is 0 Å². The van der Waals surface area contributed by atoms with Gasteiger partial charge in [-0.2, -0.15) is 0 Å². The fourth-order valence-electron chi connectivity index (χ4n) is 4.92. The van der Waals surface area contributed by atoms with Crippen molar-refractivity contribution in [1.29, 1.82) is 0 Å². The average molecular weight is 498 g/mol. The molecule has 4 rings (SSSR count). The third-order valence-electron chi connectivity index (χ3n) is 6.60. The van der Waals surface area contributed by atoms with E-state index in [2.05, 4.69) is 6.92 Å². The summed E-state index contributed by atoms with van der Waals surface area (Å²) in [6, 6.07) is 23.0. The van der Waals surface area contributed by atoms with Crippen LogP contribution in [0.2, 0.25) is 10.0 Å². The highest BCUT2D eigenvalue weighted by Crippen LogP contribution is 2.50. The molecule has 1 N–H and O–H groups in total. The van der Waals surface area contributed by atoms with E-state index in [0.29, 0.717) is 41.7 Å². The Bertz CT molecular complexity index is 1120. The summed E-state index contributed by atoms with van der Waals surface area (Å²) in [6.45, 7) is 3.26. The molecule has 0 saturated heterocycles. The first-order valence-corrected chi connectivity index (χ1v) is 12.4. The van der Waals surface area contributed by atoms with Crippen molar-refractivity contribution in [2.24, 2.45) is 0 Å². The molecule has 1 aliphatic rings. The minimum atomic E-state index is -0.714. The number of carbonyl (C=O) groups is 1. The van der Waals surface area contributed by atoms with E-state index < -0.39 is 5.54 Å². The van der Waals surface area contributed by atoms with Gasteiger partial charge in [-0.05, 0) is 66.8 Å². The van der Waals surface area contributed by atoms with Crippen molar-refractivity contribution in [2.75, 3.05) is 19.8 Å². The summed E-state index contributed by atoms with van der Waals surface area (Å²) in [5.74, 6) is -0.00622. The molecule has 3 aromatic rings. The standard InChI is InChI=1S/C28H29Cl2NO3/c1-20(21-8-12-23(29)13-9-21)31-27(33)25-6-2-3-7-26(25)28(31,16-19-34-18-5-4-17-32)22-10-14-24(30)15-11-22/h2-3,6-15,20,32H,4-5,16-19H2,1H3/t20-,28?/m1/s1. The van der Waals surface area contributed by atoms with E-state index in [-0.39, 0.29) is 18.6 Å². The Hall–Kier alpha value is -2.37. The zero-order chi connectivity index (χ0) is 24.1. The molecule has 34 heavy (non-hydrogen) atoms. The molecule has 1 heterocycles. The summed E-state index contributed by atoms with van der Waals surface area (Å²) in [7, 11) is 0. The molecule has 0 aromatic heterocycles. The lowest BCUT2D eigenvalue weighted by Crippen LogP contribution is -2.47. The van der Waals surface area contributed by atoms with Crippen LogP contribution in [0, 0.1) is 0 Å². The highest BCUT2D eigenvalue weighted by atomic mass is 35.5. The number of aliphatic hydroxyl groups excluding tert-OH is 1. The molecular formula is C28H29Cl2NO3. The summed E-state index contributed by atoms with van der Waals surface area (Å²) in [5, 5.41) is 10.4. The Morgan fingerprint density at radius 3 is 2.24 bits per heavy atom. The maximum atomic E-state index is 13.9. The normalized spacial score (nSPS) is 18.2. The summed E-state index contributed by atoms with van der Waals surface area (Å²) < 4.78 is 5.98. The van der Waals surface area contributed by atoms with Crippen LogP contribution in [0.4, 0.5) is 0 Å². The third-order valence-corrected chi connectivity index (χ3v) is 7.10. The number of aliphatic hydroxyl groups is 1. The van der Waals surface area contributed by atoms with Gasteiger partial charge in [0.1, 0.15) is 0 Å². The Balaban J connectivity index is 1.80. The molecule has 1 unspecified atom stereocenters. The minimum absolute atomic E-state index is 0.00622. The van der Waals surface area contributed by atoms with Crippen LogP contribution in [-0.4, -0.2) is 35.7 Å². The van der Waals surface area contributed by atoms with Crippen LogP contribution in [0.3, 0.4) is 0 Å². The number of unbranched alkanes of at least 4 members (excludes halogenated alkanes) is 1. The van der Waals surface area contributed by atoms with Crippen molar-refractivity contribution >= 4 is 29.1 Å². The van der Waals surface area contributed by atoms with Crippen molar-refractivity contribution in [3.8, 4) is 0 Å². The monoisotopic (exact) mass is 497 g/mol. The van der Waals surface area contributed by atoms with Crippen molar-refractivity contribution in [1.82, 2.24) is 4.90 Å². The average Bonchev–Trinajstić information content (AvgIpc) is 3.10. The molecule has 178 valence electrons. The number of hydrogen-bond donors (Lipinski definition) is 1. The molecule has 6 heteroatoms. The second kappa shape index (κ2) is 10.9. The number of halogens is 2. The Morgan fingerprint density at radius 2 is 1.56 bits per heavy atom. The zero-order valence-electron chi connectivity index (χ0n) is 19.2. The molecule has 0 fully saturated rings. The first kappa shape index (κ1) is 24.7. The van der Waals surface area contributed by atoms with Gasteiger partial charge in [0.05, 0.1) is 11.6 Å². The molecule has 1 amide bonds. The van der Waals surface area contributed by atoms with Gasteiger partial charge in [-0.25, -0.2) is 0 Å². The molecule has 0 bridgehead atoms. The molecule has 0 saturated carbocycles. The molecule has 0 radical (unpaired) electrons. The van der Waals surface area contributed by atoms with E-state index in [0.717, 1.165) is 23.1 Å². The van der Waals surface area contributed by atoms with Gasteiger partial charge < -0.3 is 14.7 Å². The number of amides is 1. The van der Waals surface area contributed by atoms with E-state index in [1.165, 1.54) is 0 Å².